The average Bonchev–Trinajstić information content (AvgIpc) is 3.24. The van der Waals surface area contributed by atoms with Gasteiger partial charge in [-0.2, -0.15) is 10.2 Å². The molecule has 41 heavy (non-hydrogen) atoms. The third-order valence-corrected chi connectivity index (χ3v) is 7.02. The summed E-state index contributed by atoms with van der Waals surface area (Å²) in [6.45, 7) is 1.94. The van der Waals surface area contributed by atoms with Gasteiger partial charge in [0.1, 0.15) is 24.1 Å². The Morgan fingerprint density at radius 1 is 0.976 bits per heavy atom. The van der Waals surface area contributed by atoms with E-state index in [1.54, 1.807) is 24.3 Å². The molecule has 3 heterocycles. The number of H-pyrrole nitrogens is 1. The molecular formula is C31H27N5O5. The molecule has 6 rings (SSSR count). The van der Waals surface area contributed by atoms with E-state index in [1.165, 1.54) is 0 Å². The second kappa shape index (κ2) is 11.4. The first kappa shape index (κ1) is 26.0. The van der Waals surface area contributed by atoms with E-state index in [4.69, 9.17) is 14.2 Å². The molecule has 206 valence electrons. The number of anilines is 2. The van der Waals surface area contributed by atoms with Crippen LogP contribution < -0.4 is 30.4 Å². The van der Waals surface area contributed by atoms with E-state index in [2.05, 4.69) is 26.7 Å². The lowest BCUT2D eigenvalue weighted by atomic mass is 9.79. The molecule has 1 amide bonds. The normalized spacial score (nSPS) is 17.4. The zero-order valence-corrected chi connectivity index (χ0v) is 22.1. The Bertz CT molecular complexity index is 1660. The quantitative estimate of drug-likeness (QED) is 0.309. The Morgan fingerprint density at radius 2 is 1.76 bits per heavy atom. The Labute approximate surface area is 235 Å². The molecule has 10 nitrogen and oxygen atoms in total. The molecule has 2 unspecified atom stereocenters. The molecule has 0 fully saturated rings. The van der Waals surface area contributed by atoms with Crippen molar-refractivity contribution in [2.45, 2.75) is 25.5 Å². The Kier molecular flexibility index (Phi) is 7.24. The minimum absolute atomic E-state index is 0.126. The number of ether oxygens (including phenoxy) is 3. The predicted molar refractivity (Wildman–Crippen MR) is 151 cm³/mol. The Morgan fingerprint density at radius 3 is 2.54 bits per heavy atom. The number of aromatic amines is 1. The molecular weight excluding hydrogens is 522 g/mol. The number of carbonyl (C=O) groups is 1. The molecule has 0 saturated heterocycles. The van der Waals surface area contributed by atoms with Crippen LogP contribution in [0.2, 0.25) is 0 Å². The fourth-order valence-corrected chi connectivity index (χ4v) is 4.97. The maximum absolute atomic E-state index is 13.3. The van der Waals surface area contributed by atoms with Crippen molar-refractivity contribution in [3.05, 3.63) is 105 Å². The number of nitriles is 1. The lowest BCUT2D eigenvalue weighted by Crippen LogP contribution is -2.38. The molecule has 0 bridgehead atoms. The van der Waals surface area contributed by atoms with Crippen molar-refractivity contribution in [1.82, 2.24) is 9.97 Å². The van der Waals surface area contributed by atoms with Gasteiger partial charge in [0.2, 0.25) is 11.9 Å². The summed E-state index contributed by atoms with van der Waals surface area (Å²) in [6, 6.07) is 24.6. The van der Waals surface area contributed by atoms with Crippen LogP contribution in [0.1, 0.15) is 34.6 Å². The van der Waals surface area contributed by atoms with Gasteiger partial charge in [-0.1, -0.05) is 48.5 Å². The fourth-order valence-electron chi connectivity index (χ4n) is 4.97. The maximum atomic E-state index is 13.3. The smallest absolute Gasteiger partial charge is 0.258 e. The number of hydrogen-bond donors (Lipinski definition) is 3. The first-order chi connectivity index (χ1) is 20.1. The average molecular weight is 550 g/mol. The lowest BCUT2D eigenvalue weighted by Gasteiger charge is -2.28. The number of amides is 1. The second-order valence-electron chi connectivity index (χ2n) is 9.78. The standard InChI is InChI=1S/C31H27N5O5/c32-16-23-26(21-8-10-22(11-9-21)41-18-19-5-2-1-3-6-19)27-28(34-29(23)37)35-31(36-30(27)38)33-17-20-7-12-24-25(15-20)40-14-4-13-39-24/h1-3,5-12,15,23,26H,4,13-14,17-18H2,(H3,33,34,35,36,37,38). The van der Waals surface area contributed by atoms with Gasteiger partial charge in [0.25, 0.3) is 5.56 Å². The van der Waals surface area contributed by atoms with Crippen LogP contribution in [0.5, 0.6) is 17.2 Å². The van der Waals surface area contributed by atoms with Gasteiger partial charge in [0.15, 0.2) is 11.5 Å². The van der Waals surface area contributed by atoms with Crippen LogP contribution in [0, 0.1) is 17.2 Å². The number of aromatic nitrogens is 2. The van der Waals surface area contributed by atoms with Gasteiger partial charge < -0.3 is 24.8 Å². The van der Waals surface area contributed by atoms with Gasteiger partial charge in [0.05, 0.1) is 24.8 Å². The first-order valence-corrected chi connectivity index (χ1v) is 13.3. The molecule has 3 aromatic carbocycles. The summed E-state index contributed by atoms with van der Waals surface area (Å²) in [6.07, 6.45) is 0.814. The number of nitrogens with zero attached hydrogens (tertiary/aromatic N) is 2. The third kappa shape index (κ3) is 5.56. The van der Waals surface area contributed by atoms with Crippen LogP contribution in [-0.2, 0) is 17.9 Å². The van der Waals surface area contributed by atoms with Crippen LogP contribution in [-0.4, -0.2) is 29.1 Å². The number of rotatable bonds is 7. The third-order valence-electron chi connectivity index (χ3n) is 7.02. The molecule has 0 aliphatic carbocycles. The topological polar surface area (TPSA) is 138 Å². The van der Waals surface area contributed by atoms with Crippen molar-refractivity contribution in [3.63, 3.8) is 0 Å². The van der Waals surface area contributed by atoms with E-state index >= 15 is 0 Å². The van der Waals surface area contributed by atoms with Crippen molar-refractivity contribution in [3.8, 4) is 23.3 Å². The van der Waals surface area contributed by atoms with Gasteiger partial charge in [-0.3, -0.25) is 14.6 Å². The summed E-state index contributed by atoms with van der Waals surface area (Å²) < 4.78 is 17.3. The monoisotopic (exact) mass is 549 g/mol. The molecule has 4 aromatic rings. The van der Waals surface area contributed by atoms with Crippen LogP contribution in [0.4, 0.5) is 11.8 Å². The number of hydrogen-bond acceptors (Lipinski definition) is 8. The van der Waals surface area contributed by atoms with Crippen LogP contribution >= 0.6 is 0 Å². The SMILES string of the molecule is N#CC1C(=O)Nc2nc(NCc3ccc4c(c3)OCCCO4)[nH]c(=O)c2C1c1ccc(OCc2ccccc2)cc1. The molecule has 2 aliphatic rings. The minimum atomic E-state index is -1.10. The molecule has 0 radical (unpaired) electrons. The van der Waals surface area contributed by atoms with E-state index in [0.717, 1.165) is 17.5 Å². The van der Waals surface area contributed by atoms with Crippen molar-refractivity contribution >= 4 is 17.7 Å². The van der Waals surface area contributed by atoms with E-state index in [-0.39, 0.29) is 17.3 Å². The number of nitrogens with one attached hydrogen (secondary N) is 3. The van der Waals surface area contributed by atoms with Crippen molar-refractivity contribution in [2.24, 2.45) is 5.92 Å². The van der Waals surface area contributed by atoms with Gasteiger partial charge in [-0.05, 0) is 41.0 Å². The second-order valence-corrected chi connectivity index (χ2v) is 9.78. The highest BCUT2D eigenvalue weighted by molar-refractivity contribution is 5.98. The minimum Gasteiger partial charge on any atom is -0.490 e. The summed E-state index contributed by atoms with van der Waals surface area (Å²) in [7, 11) is 0. The zero-order valence-electron chi connectivity index (χ0n) is 22.1. The Balaban J connectivity index is 1.22. The predicted octanol–water partition coefficient (Wildman–Crippen LogP) is 4.35. The summed E-state index contributed by atoms with van der Waals surface area (Å²) >= 11 is 0. The highest BCUT2D eigenvalue weighted by Gasteiger charge is 2.40. The molecule has 3 N–H and O–H groups in total. The summed E-state index contributed by atoms with van der Waals surface area (Å²) in [5, 5.41) is 15.6. The van der Waals surface area contributed by atoms with Gasteiger partial charge >= 0.3 is 0 Å². The van der Waals surface area contributed by atoms with Crippen LogP contribution in [0.25, 0.3) is 0 Å². The molecule has 2 aliphatic heterocycles. The first-order valence-electron chi connectivity index (χ1n) is 13.3. The largest absolute Gasteiger partial charge is 0.490 e. The molecule has 2 atom stereocenters. The molecule has 10 heteroatoms. The number of benzene rings is 3. The Hall–Kier alpha value is -5.30. The number of carbonyl (C=O) groups excluding carboxylic acids is 1. The fraction of sp³-hybridized carbons (Fsp3) is 0.226. The van der Waals surface area contributed by atoms with E-state index in [9.17, 15) is 14.9 Å². The number of fused-ring (bicyclic) bond motifs is 2. The zero-order chi connectivity index (χ0) is 28.2. The van der Waals surface area contributed by atoms with Crippen molar-refractivity contribution in [1.29, 1.82) is 5.26 Å². The maximum Gasteiger partial charge on any atom is 0.258 e. The molecule has 0 spiro atoms. The van der Waals surface area contributed by atoms with Crippen molar-refractivity contribution < 1.29 is 19.0 Å². The van der Waals surface area contributed by atoms with Gasteiger partial charge in [0, 0.05) is 18.9 Å². The van der Waals surface area contributed by atoms with Gasteiger partial charge in [-0.15, -0.1) is 0 Å². The molecule has 1 aromatic heterocycles. The van der Waals surface area contributed by atoms with E-state index in [1.807, 2.05) is 48.5 Å². The highest BCUT2D eigenvalue weighted by Crippen LogP contribution is 2.38. The lowest BCUT2D eigenvalue weighted by molar-refractivity contribution is -0.119. The van der Waals surface area contributed by atoms with Crippen LogP contribution in [0.15, 0.2) is 77.6 Å². The summed E-state index contributed by atoms with van der Waals surface area (Å²) in [5.41, 5.74) is 2.36. The van der Waals surface area contributed by atoms with Gasteiger partial charge in [-0.25, -0.2) is 0 Å². The summed E-state index contributed by atoms with van der Waals surface area (Å²) in [5.74, 6) is -0.0814. The van der Waals surface area contributed by atoms with E-state index < -0.39 is 23.3 Å². The summed E-state index contributed by atoms with van der Waals surface area (Å²) in [4.78, 5) is 33.5. The highest BCUT2D eigenvalue weighted by atomic mass is 16.5. The van der Waals surface area contributed by atoms with Crippen LogP contribution in [0.3, 0.4) is 0 Å². The van der Waals surface area contributed by atoms with E-state index in [0.29, 0.717) is 49.2 Å². The molecule has 0 saturated carbocycles. The van der Waals surface area contributed by atoms with Crippen molar-refractivity contribution in [2.75, 3.05) is 23.8 Å².